The standard InChI is InChI=1S/C20H23BrN2O5/c1-13(2)14-6-9-19(16(21)11-14)28-10-4-5-20(24)22-17-8-7-15(27-3)12-18(17)23(25)26/h6-9,11-13H,4-5,10H2,1-3H3,(H,22,24). The van der Waals surface area contributed by atoms with Crippen molar-refractivity contribution in [3.05, 3.63) is 56.5 Å². The van der Waals surface area contributed by atoms with Gasteiger partial charge in [-0.05, 0) is 58.1 Å². The molecule has 0 radical (unpaired) electrons. The molecule has 1 N–H and O–H groups in total. The van der Waals surface area contributed by atoms with Gasteiger partial charge >= 0.3 is 0 Å². The second-order valence-corrected chi connectivity index (χ2v) is 7.34. The maximum atomic E-state index is 12.1. The molecule has 2 rings (SSSR count). The second kappa shape index (κ2) is 10.1. The van der Waals surface area contributed by atoms with Crippen LogP contribution in [0.15, 0.2) is 40.9 Å². The van der Waals surface area contributed by atoms with Crippen LogP contribution in [0.1, 0.15) is 38.2 Å². The molecular weight excluding hydrogens is 428 g/mol. The van der Waals surface area contributed by atoms with E-state index in [0.717, 1.165) is 10.2 Å². The Bertz CT molecular complexity index is 854. The van der Waals surface area contributed by atoms with Gasteiger partial charge in [0.15, 0.2) is 0 Å². The van der Waals surface area contributed by atoms with Crippen molar-refractivity contribution in [3.8, 4) is 11.5 Å². The van der Waals surface area contributed by atoms with Crippen molar-refractivity contribution in [2.24, 2.45) is 0 Å². The highest BCUT2D eigenvalue weighted by Gasteiger charge is 2.17. The van der Waals surface area contributed by atoms with Crippen molar-refractivity contribution in [2.75, 3.05) is 19.0 Å². The summed E-state index contributed by atoms with van der Waals surface area (Å²) in [5, 5.41) is 13.7. The highest BCUT2D eigenvalue weighted by Crippen LogP contribution is 2.30. The number of hydrogen-bond donors (Lipinski definition) is 1. The number of hydrogen-bond acceptors (Lipinski definition) is 5. The smallest absolute Gasteiger partial charge is 0.296 e. The number of nitro benzene ring substituents is 1. The average Bonchev–Trinajstić information content (AvgIpc) is 2.66. The Morgan fingerprint density at radius 1 is 1.25 bits per heavy atom. The lowest BCUT2D eigenvalue weighted by Gasteiger charge is -2.11. The zero-order valence-corrected chi connectivity index (χ0v) is 17.6. The van der Waals surface area contributed by atoms with E-state index in [1.165, 1.54) is 24.8 Å². The molecule has 8 heteroatoms. The van der Waals surface area contributed by atoms with Crippen LogP contribution in [0.4, 0.5) is 11.4 Å². The lowest BCUT2D eigenvalue weighted by molar-refractivity contribution is -0.384. The van der Waals surface area contributed by atoms with Gasteiger partial charge in [-0.1, -0.05) is 19.9 Å². The van der Waals surface area contributed by atoms with Crippen LogP contribution in [0.25, 0.3) is 0 Å². The minimum atomic E-state index is -0.556. The molecule has 0 bridgehead atoms. The van der Waals surface area contributed by atoms with Gasteiger partial charge in [-0.2, -0.15) is 0 Å². The Hall–Kier alpha value is -2.61. The number of ether oxygens (including phenoxy) is 2. The quantitative estimate of drug-likeness (QED) is 0.318. The Morgan fingerprint density at radius 2 is 2.00 bits per heavy atom. The fourth-order valence-corrected chi connectivity index (χ4v) is 3.03. The predicted octanol–water partition coefficient (Wildman–Crippen LogP) is 5.29. The Morgan fingerprint density at radius 3 is 2.61 bits per heavy atom. The molecule has 1 amide bonds. The van der Waals surface area contributed by atoms with Crippen LogP contribution in [-0.4, -0.2) is 24.5 Å². The summed E-state index contributed by atoms with van der Waals surface area (Å²) in [6.07, 6.45) is 0.666. The first-order valence-corrected chi connectivity index (χ1v) is 9.65. The van der Waals surface area contributed by atoms with Crippen molar-refractivity contribution < 1.29 is 19.2 Å². The third-order valence-corrected chi connectivity index (χ3v) is 4.72. The number of nitro groups is 1. The van der Waals surface area contributed by atoms with E-state index >= 15 is 0 Å². The van der Waals surface area contributed by atoms with Crippen LogP contribution in [0.3, 0.4) is 0 Å². The lowest BCUT2D eigenvalue weighted by atomic mass is 10.0. The summed E-state index contributed by atoms with van der Waals surface area (Å²) in [5.74, 6) is 1.19. The summed E-state index contributed by atoms with van der Waals surface area (Å²) in [6, 6.07) is 10.2. The molecule has 150 valence electrons. The first-order chi connectivity index (χ1) is 13.3. The van der Waals surface area contributed by atoms with Gasteiger partial charge in [-0.3, -0.25) is 14.9 Å². The summed E-state index contributed by atoms with van der Waals surface area (Å²) in [5.41, 5.74) is 1.14. The van der Waals surface area contributed by atoms with Crippen molar-refractivity contribution in [1.29, 1.82) is 0 Å². The van der Waals surface area contributed by atoms with Gasteiger partial charge < -0.3 is 14.8 Å². The van der Waals surface area contributed by atoms with Gasteiger partial charge in [0, 0.05) is 6.42 Å². The number of amides is 1. The topological polar surface area (TPSA) is 90.7 Å². The van der Waals surface area contributed by atoms with E-state index in [1.807, 2.05) is 18.2 Å². The molecule has 2 aromatic carbocycles. The first-order valence-electron chi connectivity index (χ1n) is 8.86. The molecule has 2 aromatic rings. The number of benzene rings is 2. The van der Waals surface area contributed by atoms with E-state index in [-0.39, 0.29) is 23.7 Å². The van der Waals surface area contributed by atoms with E-state index in [9.17, 15) is 14.9 Å². The SMILES string of the molecule is COc1ccc(NC(=O)CCCOc2ccc(C(C)C)cc2Br)c([N+](=O)[O-])c1. The maximum Gasteiger partial charge on any atom is 0.296 e. The lowest BCUT2D eigenvalue weighted by Crippen LogP contribution is -2.14. The monoisotopic (exact) mass is 450 g/mol. The molecule has 28 heavy (non-hydrogen) atoms. The number of halogens is 1. The van der Waals surface area contributed by atoms with Gasteiger partial charge in [-0.25, -0.2) is 0 Å². The Labute approximate surface area is 172 Å². The van der Waals surface area contributed by atoms with Crippen LogP contribution < -0.4 is 14.8 Å². The van der Waals surface area contributed by atoms with Gasteiger partial charge in [0.05, 0.1) is 29.2 Å². The van der Waals surface area contributed by atoms with Crippen molar-refractivity contribution in [1.82, 2.24) is 0 Å². The molecule has 0 saturated carbocycles. The van der Waals surface area contributed by atoms with Crippen molar-refractivity contribution >= 4 is 33.2 Å². The van der Waals surface area contributed by atoms with Crippen LogP contribution >= 0.6 is 15.9 Å². The summed E-state index contributed by atoms with van der Waals surface area (Å²) >= 11 is 3.50. The van der Waals surface area contributed by atoms with Crippen molar-refractivity contribution in [2.45, 2.75) is 32.6 Å². The number of nitrogens with zero attached hydrogens (tertiary/aromatic N) is 1. The highest BCUT2D eigenvalue weighted by atomic mass is 79.9. The molecule has 0 atom stereocenters. The number of methoxy groups -OCH3 is 1. The summed E-state index contributed by atoms with van der Waals surface area (Å²) in [4.78, 5) is 22.7. The summed E-state index contributed by atoms with van der Waals surface area (Å²) in [7, 11) is 1.42. The van der Waals surface area contributed by atoms with Gasteiger partial charge in [0.2, 0.25) is 5.91 Å². The van der Waals surface area contributed by atoms with E-state index < -0.39 is 4.92 Å². The average molecular weight is 451 g/mol. The van der Waals surface area contributed by atoms with Crippen LogP contribution in [-0.2, 0) is 4.79 Å². The molecule has 0 unspecified atom stereocenters. The van der Waals surface area contributed by atoms with E-state index in [1.54, 1.807) is 6.07 Å². The Balaban J connectivity index is 1.86. The van der Waals surface area contributed by atoms with Gasteiger partial charge in [0.25, 0.3) is 5.69 Å². The van der Waals surface area contributed by atoms with Gasteiger partial charge in [0.1, 0.15) is 17.2 Å². The molecule has 0 aliphatic rings. The second-order valence-electron chi connectivity index (χ2n) is 6.48. The fourth-order valence-electron chi connectivity index (χ4n) is 2.52. The molecule has 0 aromatic heterocycles. The summed E-state index contributed by atoms with van der Waals surface area (Å²) < 4.78 is 11.6. The molecule has 0 saturated heterocycles. The normalized spacial score (nSPS) is 10.6. The molecule has 7 nitrogen and oxygen atoms in total. The minimum absolute atomic E-state index is 0.142. The fraction of sp³-hybridized carbons (Fsp3) is 0.350. The van der Waals surface area contributed by atoms with E-state index in [2.05, 4.69) is 35.1 Å². The van der Waals surface area contributed by atoms with Gasteiger partial charge in [-0.15, -0.1) is 0 Å². The number of nitrogens with one attached hydrogen (secondary N) is 1. The maximum absolute atomic E-state index is 12.1. The highest BCUT2D eigenvalue weighted by molar-refractivity contribution is 9.10. The molecular formula is C20H23BrN2O5. The third kappa shape index (κ3) is 5.95. The number of anilines is 1. The summed E-state index contributed by atoms with van der Waals surface area (Å²) in [6.45, 7) is 4.60. The molecule has 0 fully saturated rings. The third-order valence-electron chi connectivity index (χ3n) is 4.10. The molecule has 0 aliphatic heterocycles. The number of carbonyl (C=O) groups excluding carboxylic acids is 1. The number of carbonyl (C=O) groups is 1. The number of rotatable bonds is 9. The minimum Gasteiger partial charge on any atom is -0.496 e. The van der Waals surface area contributed by atoms with Crippen LogP contribution in [0, 0.1) is 10.1 Å². The molecule has 0 heterocycles. The van der Waals surface area contributed by atoms with Crippen LogP contribution in [0.5, 0.6) is 11.5 Å². The van der Waals surface area contributed by atoms with Crippen LogP contribution in [0.2, 0.25) is 0 Å². The largest absolute Gasteiger partial charge is 0.496 e. The molecule has 0 spiro atoms. The zero-order chi connectivity index (χ0) is 20.7. The van der Waals surface area contributed by atoms with E-state index in [4.69, 9.17) is 9.47 Å². The van der Waals surface area contributed by atoms with Crippen molar-refractivity contribution in [3.63, 3.8) is 0 Å². The first kappa shape index (κ1) is 21.7. The Kier molecular flexibility index (Phi) is 7.80. The predicted molar refractivity (Wildman–Crippen MR) is 111 cm³/mol. The van der Waals surface area contributed by atoms with E-state index in [0.29, 0.717) is 24.7 Å². The molecule has 0 aliphatic carbocycles. The zero-order valence-electron chi connectivity index (χ0n) is 16.0.